The van der Waals surface area contributed by atoms with E-state index < -0.39 is 0 Å². The summed E-state index contributed by atoms with van der Waals surface area (Å²) in [7, 11) is 0. The summed E-state index contributed by atoms with van der Waals surface area (Å²) in [6.45, 7) is 4.31. The van der Waals surface area contributed by atoms with Crippen molar-refractivity contribution in [3.05, 3.63) is 76.6 Å². The van der Waals surface area contributed by atoms with Gasteiger partial charge in [0.15, 0.2) is 0 Å². The number of anilines is 1. The van der Waals surface area contributed by atoms with E-state index in [4.69, 9.17) is 0 Å². The smallest absolute Gasteiger partial charge is 0.278 e. The predicted octanol–water partition coefficient (Wildman–Crippen LogP) is 4.95. The molecule has 1 N–H and O–H groups in total. The maximum absolute atomic E-state index is 11.2. The van der Waals surface area contributed by atoms with Crippen LogP contribution < -0.4 is 5.32 Å². The first-order valence-corrected chi connectivity index (χ1v) is 7.90. The first kappa shape index (κ1) is 15.9. The van der Waals surface area contributed by atoms with Gasteiger partial charge in [-0.2, -0.15) is 0 Å². The van der Waals surface area contributed by atoms with E-state index in [-0.39, 0.29) is 16.7 Å². The van der Waals surface area contributed by atoms with Crippen molar-refractivity contribution in [3.63, 3.8) is 0 Å². The quantitative estimate of drug-likeness (QED) is 0.533. The fraction of sp³-hybridized carbons (Fsp3) is 0.211. The summed E-state index contributed by atoms with van der Waals surface area (Å²) in [5, 5.41) is 16.1. The number of benzene rings is 2. The molecule has 1 atom stereocenters. The van der Waals surface area contributed by atoms with Crippen LogP contribution >= 0.6 is 0 Å². The molecule has 0 radical (unpaired) electrons. The minimum atomic E-state index is -0.370. The molecule has 3 rings (SSSR count). The van der Waals surface area contributed by atoms with Gasteiger partial charge < -0.3 is 5.32 Å². The molecule has 122 valence electrons. The van der Waals surface area contributed by atoms with Crippen LogP contribution in [-0.2, 0) is 0 Å². The minimum absolute atomic E-state index is 0.0736. The number of hydrogen-bond donors (Lipinski definition) is 1. The third-order valence-corrected chi connectivity index (χ3v) is 4.13. The number of pyridine rings is 1. The van der Waals surface area contributed by atoms with Gasteiger partial charge in [-0.3, -0.25) is 15.1 Å². The summed E-state index contributed by atoms with van der Waals surface area (Å²) >= 11 is 0. The highest BCUT2D eigenvalue weighted by atomic mass is 16.6. The van der Waals surface area contributed by atoms with Gasteiger partial charge in [0.25, 0.3) is 5.69 Å². The fourth-order valence-electron chi connectivity index (χ4n) is 2.92. The summed E-state index contributed by atoms with van der Waals surface area (Å²) < 4.78 is 0. The second-order valence-corrected chi connectivity index (χ2v) is 6.09. The van der Waals surface area contributed by atoms with Crippen LogP contribution in [0, 0.1) is 16.0 Å². The molecule has 1 unspecified atom stereocenters. The lowest BCUT2D eigenvalue weighted by molar-refractivity contribution is -0.383. The van der Waals surface area contributed by atoms with E-state index in [1.165, 1.54) is 11.6 Å². The molecule has 0 saturated carbocycles. The monoisotopic (exact) mass is 321 g/mol. The lowest BCUT2D eigenvalue weighted by Gasteiger charge is -2.25. The van der Waals surface area contributed by atoms with Crippen molar-refractivity contribution in [1.82, 2.24) is 4.98 Å². The van der Waals surface area contributed by atoms with Gasteiger partial charge in [-0.15, -0.1) is 0 Å². The molecule has 3 aromatic rings. The van der Waals surface area contributed by atoms with Crippen LogP contribution in [0.25, 0.3) is 10.8 Å². The Morgan fingerprint density at radius 3 is 2.46 bits per heavy atom. The molecular weight excluding hydrogens is 302 g/mol. The maximum Gasteiger partial charge on any atom is 0.278 e. The van der Waals surface area contributed by atoms with Crippen LogP contribution in [0.15, 0.2) is 60.9 Å². The third-order valence-electron chi connectivity index (χ3n) is 4.13. The standard InChI is InChI=1S/C19H19N3O2/c1-13(2)19(14-6-4-3-5-7-14)21-17-8-9-18(22(23)24)16-12-20-11-10-15(16)17/h3-13,19,21H,1-2H3. The molecule has 0 saturated heterocycles. The average molecular weight is 321 g/mol. The number of hydrogen-bond acceptors (Lipinski definition) is 4. The number of non-ortho nitro benzene ring substituents is 1. The molecule has 0 aliphatic carbocycles. The SMILES string of the molecule is CC(C)C(Nc1ccc([N+](=O)[O-])c2cnccc12)c1ccccc1. The lowest BCUT2D eigenvalue weighted by Crippen LogP contribution is -2.17. The predicted molar refractivity (Wildman–Crippen MR) is 96.0 cm³/mol. The van der Waals surface area contributed by atoms with E-state index in [1.54, 1.807) is 18.5 Å². The van der Waals surface area contributed by atoms with Crippen molar-refractivity contribution in [2.75, 3.05) is 5.32 Å². The summed E-state index contributed by atoms with van der Waals surface area (Å²) in [6.07, 6.45) is 3.20. The van der Waals surface area contributed by atoms with E-state index in [2.05, 4.69) is 36.3 Å². The second-order valence-electron chi connectivity index (χ2n) is 6.09. The van der Waals surface area contributed by atoms with Crippen LogP contribution in [0.3, 0.4) is 0 Å². The fourth-order valence-corrected chi connectivity index (χ4v) is 2.92. The number of nitrogens with zero attached hydrogens (tertiary/aromatic N) is 2. The van der Waals surface area contributed by atoms with Gasteiger partial charge in [0, 0.05) is 29.5 Å². The molecule has 0 aliphatic rings. The van der Waals surface area contributed by atoms with E-state index >= 15 is 0 Å². The van der Waals surface area contributed by atoms with Crippen LogP contribution in [0.2, 0.25) is 0 Å². The first-order valence-electron chi connectivity index (χ1n) is 7.90. The molecule has 2 aromatic carbocycles. The number of fused-ring (bicyclic) bond motifs is 1. The van der Waals surface area contributed by atoms with Crippen molar-refractivity contribution in [1.29, 1.82) is 0 Å². The zero-order valence-electron chi connectivity index (χ0n) is 13.6. The van der Waals surface area contributed by atoms with E-state index in [0.29, 0.717) is 11.3 Å². The van der Waals surface area contributed by atoms with Gasteiger partial charge in [0.05, 0.1) is 16.4 Å². The van der Waals surface area contributed by atoms with Gasteiger partial charge in [-0.25, -0.2) is 0 Å². The molecule has 0 bridgehead atoms. The molecule has 0 amide bonds. The Balaban J connectivity index is 2.06. The summed E-state index contributed by atoms with van der Waals surface area (Å²) in [4.78, 5) is 14.9. The van der Waals surface area contributed by atoms with Crippen molar-refractivity contribution in [2.45, 2.75) is 19.9 Å². The Hall–Kier alpha value is -2.95. The summed E-state index contributed by atoms with van der Waals surface area (Å²) in [5.74, 6) is 0.361. The first-order chi connectivity index (χ1) is 11.6. The minimum Gasteiger partial charge on any atom is -0.377 e. The summed E-state index contributed by atoms with van der Waals surface area (Å²) in [6, 6.07) is 15.5. The Labute approximate surface area is 140 Å². The summed E-state index contributed by atoms with van der Waals surface area (Å²) in [5.41, 5.74) is 2.14. The Kier molecular flexibility index (Phi) is 4.42. The van der Waals surface area contributed by atoms with Gasteiger partial charge in [0.2, 0.25) is 0 Å². The van der Waals surface area contributed by atoms with Crippen LogP contribution in [0.4, 0.5) is 11.4 Å². The molecule has 5 nitrogen and oxygen atoms in total. The number of aromatic nitrogens is 1. The average Bonchev–Trinajstić information content (AvgIpc) is 2.59. The van der Waals surface area contributed by atoms with Crippen LogP contribution in [0.1, 0.15) is 25.5 Å². The topological polar surface area (TPSA) is 68.1 Å². The maximum atomic E-state index is 11.2. The molecular formula is C19H19N3O2. The van der Waals surface area contributed by atoms with Crippen LogP contribution in [-0.4, -0.2) is 9.91 Å². The molecule has 24 heavy (non-hydrogen) atoms. The van der Waals surface area contributed by atoms with Gasteiger partial charge in [-0.1, -0.05) is 44.2 Å². The Bertz CT molecular complexity index is 863. The number of rotatable bonds is 5. The van der Waals surface area contributed by atoms with Gasteiger partial charge in [-0.05, 0) is 23.6 Å². The van der Waals surface area contributed by atoms with E-state index in [9.17, 15) is 10.1 Å². The second kappa shape index (κ2) is 6.66. The van der Waals surface area contributed by atoms with E-state index in [1.807, 2.05) is 24.3 Å². The van der Waals surface area contributed by atoms with Crippen molar-refractivity contribution in [3.8, 4) is 0 Å². The lowest BCUT2D eigenvalue weighted by atomic mass is 9.95. The van der Waals surface area contributed by atoms with Crippen molar-refractivity contribution in [2.24, 2.45) is 5.92 Å². The number of nitro benzene ring substituents is 1. The highest BCUT2D eigenvalue weighted by Gasteiger charge is 2.19. The highest BCUT2D eigenvalue weighted by Crippen LogP contribution is 2.34. The molecule has 1 heterocycles. The number of nitro groups is 1. The highest BCUT2D eigenvalue weighted by molar-refractivity contribution is 5.99. The molecule has 0 spiro atoms. The van der Waals surface area contributed by atoms with Gasteiger partial charge >= 0.3 is 0 Å². The van der Waals surface area contributed by atoms with E-state index in [0.717, 1.165) is 11.1 Å². The van der Waals surface area contributed by atoms with Crippen molar-refractivity contribution < 1.29 is 4.92 Å². The Morgan fingerprint density at radius 2 is 1.79 bits per heavy atom. The zero-order chi connectivity index (χ0) is 17.1. The normalized spacial score (nSPS) is 12.3. The Morgan fingerprint density at radius 1 is 1.04 bits per heavy atom. The van der Waals surface area contributed by atoms with Crippen LogP contribution in [0.5, 0.6) is 0 Å². The van der Waals surface area contributed by atoms with Crippen molar-refractivity contribution >= 4 is 22.1 Å². The largest absolute Gasteiger partial charge is 0.377 e. The molecule has 0 fully saturated rings. The number of nitrogens with one attached hydrogen (secondary N) is 1. The molecule has 5 heteroatoms. The molecule has 0 aliphatic heterocycles. The zero-order valence-corrected chi connectivity index (χ0v) is 13.6. The third kappa shape index (κ3) is 3.06. The van der Waals surface area contributed by atoms with Gasteiger partial charge in [0.1, 0.15) is 0 Å². The molecule has 1 aromatic heterocycles.